The van der Waals surface area contributed by atoms with Crippen molar-refractivity contribution in [3.05, 3.63) is 66.2 Å². The maximum atomic E-state index is 12.7. The molecule has 0 fully saturated rings. The van der Waals surface area contributed by atoms with Crippen molar-refractivity contribution in [3.63, 3.8) is 0 Å². The third kappa shape index (κ3) is 5.43. The summed E-state index contributed by atoms with van der Waals surface area (Å²) in [5, 5.41) is 0. The Labute approximate surface area is 150 Å². The van der Waals surface area contributed by atoms with Crippen LogP contribution in [0.25, 0.3) is 0 Å². The Morgan fingerprint density at radius 1 is 0.920 bits per heavy atom. The van der Waals surface area contributed by atoms with Crippen LogP contribution in [0, 0.1) is 0 Å². The van der Waals surface area contributed by atoms with Crippen molar-refractivity contribution < 1.29 is 13.2 Å². The smallest absolute Gasteiger partial charge is 0.238 e. The Kier molecular flexibility index (Phi) is 6.01. The van der Waals surface area contributed by atoms with Gasteiger partial charge in [0.25, 0.3) is 0 Å². The van der Waals surface area contributed by atoms with Crippen LogP contribution in [0.3, 0.4) is 0 Å². The van der Waals surface area contributed by atoms with Crippen LogP contribution in [-0.2, 0) is 21.1 Å². The molecule has 0 unspecified atom stereocenters. The molecule has 0 saturated carbocycles. The van der Waals surface area contributed by atoms with Gasteiger partial charge in [-0.1, -0.05) is 48.5 Å². The molecular weight excluding hydrogens is 334 g/mol. The van der Waals surface area contributed by atoms with Gasteiger partial charge in [0.05, 0.1) is 4.90 Å². The number of carbonyl (C=O) groups excluding carboxylic acids is 1. The van der Waals surface area contributed by atoms with Crippen LogP contribution in [0.5, 0.6) is 0 Å². The minimum atomic E-state index is -3.64. The number of benzene rings is 2. The monoisotopic (exact) mass is 359 g/mol. The van der Waals surface area contributed by atoms with Crippen LogP contribution in [0.4, 0.5) is 0 Å². The fourth-order valence-corrected chi connectivity index (χ4v) is 3.89. The molecule has 0 bridgehead atoms. The molecule has 0 aliphatic carbocycles. The van der Waals surface area contributed by atoms with Crippen molar-refractivity contribution in [2.75, 3.05) is 12.3 Å². The first-order valence-electron chi connectivity index (χ1n) is 8.32. The first-order valence-corrected chi connectivity index (χ1v) is 9.97. The van der Waals surface area contributed by atoms with E-state index in [2.05, 4.69) is 0 Å². The van der Waals surface area contributed by atoms with Gasteiger partial charge in [-0.15, -0.1) is 0 Å². The standard InChI is InChI=1S/C20H25NO3S/c1-20(2,3)21(15-14-17-10-6-4-7-11-17)19(22)16-25(23,24)18-12-8-5-9-13-18/h4-13H,14-16H2,1-3H3. The molecule has 0 N–H and O–H groups in total. The van der Waals surface area contributed by atoms with E-state index in [1.54, 1.807) is 23.1 Å². The Bertz CT molecular complexity index is 794. The molecule has 0 spiro atoms. The van der Waals surface area contributed by atoms with Crippen molar-refractivity contribution in [1.29, 1.82) is 0 Å². The Balaban J connectivity index is 2.13. The van der Waals surface area contributed by atoms with Gasteiger partial charge < -0.3 is 4.90 Å². The number of sulfone groups is 1. The summed E-state index contributed by atoms with van der Waals surface area (Å²) >= 11 is 0. The normalized spacial score (nSPS) is 12.0. The molecule has 0 saturated heterocycles. The van der Waals surface area contributed by atoms with E-state index < -0.39 is 21.1 Å². The molecule has 1 amide bonds. The summed E-state index contributed by atoms with van der Waals surface area (Å²) < 4.78 is 25.0. The van der Waals surface area contributed by atoms with Gasteiger partial charge >= 0.3 is 0 Å². The van der Waals surface area contributed by atoms with Crippen molar-refractivity contribution in [2.24, 2.45) is 0 Å². The van der Waals surface area contributed by atoms with Crippen molar-refractivity contribution in [3.8, 4) is 0 Å². The molecule has 0 aliphatic heterocycles. The number of amides is 1. The summed E-state index contributed by atoms with van der Waals surface area (Å²) in [5.74, 6) is -0.879. The van der Waals surface area contributed by atoms with Gasteiger partial charge in [-0.25, -0.2) is 8.42 Å². The summed E-state index contributed by atoms with van der Waals surface area (Å²) in [6.45, 7) is 6.25. The zero-order valence-corrected chi connectivity index (χ0v) is 15.8. The van der Waals surface area contributed by atoms with E-state index in [9.17, 15) is 13.2 Å². The number of hydrogen-bond donors (Lipinski definition) is 0. The third-order valence-corrected chi connectivity index (χ3v) is 5.61. The zero-order chi connectivity index (χ0) is 18.5. The topological polar surface area (TPSA) is 54.5 Å². The average molecular weight is 359 g/mol. The third-order valence-electron chi connectivity index (χ3n) is 3.99. The lowest BCUT2D eigenvalue weighted by molar-refractivity contribution is -0.133. The van der Waals surface area contributed by atoms with Gasteiger partial charge in [0, 0.05) is 12.1 Å². The Hall–Kier alpha value is -2.14. The molecule has 0 aromatic heterocycles. The number of nitrogens with zero attached hydrogens (tertiary/aromatic N) is 1. The van der Waals surface area contributed by atoms with E-state index in [1.807, 2.05) is 51.1 Å². The second kappa shape index (κ2) is 7.83. The molecular formula is C20H25NO3S. The summed E-state index contributed by atoms with van der Waals surface area (Å²) in [6.07, 6.45) is 0.690. The average Bonchev–Trinajstić information content (AvgIpc) is 2.55. The molecule has 2 rings (SSSR count). The minimum Gasteiger partial charge on any atom is -0.337 e. The quantitative estimate of drug-likeness (QED) is 0.795. The van der Waals surface area contributed by atoms with Gasteiger partial charge in [0.2, 0.25) is 5.91 Å². The Morgan fingerprint density at radius 3 is 1.96 bits per heavy atom. The first-order chi connectivity index (χ1) is 11.7. The van der Waals surface area contributed by atoms with Gasteiger partial charge in [-0.05, 0) is 44.9 Å². The maximum absolute atomic E-state index is 12.7. The van der Waals surface area contributed by atoms with Crippen molar-refractivity contribution >= 4 is 15.7 Å². The van der Waals surface area contributed by atoms with E-state index >= 15 is 0 Å². The summed E-state index contributed by atoms with van der Waals surface area (Å²) in [4.78, 5) is 14.6. The molecule has 0 radical (unpaired) electrons. The van der Waals surface area contributed by atoms with Gasteiger partial charge in [0.1, 0.15) is 5.75 Å². The first kappa shape index (κ1) is 19.2. The summed E-state index contributed by atoms with van der Waals surface area (Å²) in [7, 11) is -3.64. The molecule has 134 valence electrons. The highest BCUT2D eigenvalue weighted by molar-refractivity contribution is 7.92. The highest BCUT2D eigenvalue weighted by Gasteiger charge is 2.30. The molecule has 0 heterocycles. The van der Waals surface area contributed by atoms with Crippen LogP contribution in [0.1, 0.15) is 26.3 Å². The van der Waals surface area contributed by atoms with E-state index in [0.717, 1.165) is 5.56 Å². The predicted molar refractivity (Wildman–Crippen MR) is 100 cm³/mol. The van der Waals surface area contributed by atoms with E-state index in [-0.39, 0.29) is 10.8 Å². The van der Waals surface area contributed by atoms with Gasteiger partial charge in [0.15, 0.2) is 9.84 Å². The molecule has 0 atom stereocenters. The number of rotatable bonds is 6. The summed E-state index contributed by atoms with van der Waals surface area (Å²) in [6, 6.07) is 18.0. The zero-order valence-electron chi connectivity index (χ0n) is 15.0. The maximum Gasteiger partial charge on any atom is 0.238 e. The molecule has 5 heteroatoms. The lowest BCUT2D eigenvalue weighted by Crippen LogP contribution is -2.48. The van der Waals surface area contributed by atoms with Crippen molar-refractivity contribution in [1.82, 2.24) is 4.90 Å². The fourth-order valence-electron chi connectivity index (χ4n) is 2.67. The highest BCUT2D eigenvalue weighted by Crippen LogP contribution is 2.18. The lowest BCUT2D eigenvalue weighted by atomic mass is 10.0. The largest absolute Gasteiger partial charge is 0.337 e. The number of hydrogen-bond acceptors (Lipinski definition) is 3. The van der Waals surface area contributed by atoms with Crippen LogP contribution in [-0.4, -0.2) is 37.1 Å². The molecule has 2 aromatic rings. The van der Waals surface area contributed by atoms with E-state index in [1.165, 1.54) is 12.1 Å². The van der Waals surface area contributed by atoms with Crippen LogP contribution in [0.15, 0.2) is 65.6 Å². The van der Waals surface area contributed by atoms with Gasteiger partial charge in [-0.2, -0.15) is 0 Å². The van der Waals surface area contributed by atoms with Gasteiger partial charge in [-0.3, -0.25) is 4.79 Å². The molecule has 2 aromatic carbocycles. The molecule has 4 nitrogen and oxygen atoms in total. The SMILES string of the molecule is CC(C)(C)N(CCc1ccccc1)C(=O)CS(=O)(=O)c1ccccc1. The lowest BCUT2D eigenvalue weighted by Gasteiger charge is -2.36. The highest BCUT2D eigenvalue weighted by atomic mass is 32.2. The summed E-state index contributed by atoms with van der Waals surface area (Å²) in [5.41, 5.74) is 0.674. The number of carbonyl (C=O) groups is 1. The second-order valence-corrected chi connectivity index (χ2v) is 9.01. The Morgan fingerprint density at radius 2 is 1.44 bits per heavy atom. The van der Waals surface area contributed by atoms with E-state index in [4.69, 9.17) is 0 Å². The second-order valence-electron chi connectivity index (χ2n) is 7.02. The van der Waals surface area contributed by atoms with Crippen LogP contribution in [0.2, 0.25) is 0 Å². The minimum absolute atomic E-state index is 0.181. The van der Waals surface area contributed by atoms with Crippen molar-refractivity contribution in [2.45, 2.75) is 37.6 Å². The molecule has 0 aliphatic rings. The van der Waals surface area contributed by atoms with Crippen LogP contribution >= 0.6 is 0 Å². The van der Waals surface area contributed by atoms with Crippen LogP contribution < -0.4 is 0 Å². The predicted octanol–water partition coefficient (Wildman–Crippen LogP) is 3.33. The molecule has 25 heavy (non-hydrogen) atoms. The fraction of sp³-hybridized carbons (Fsp3) is 0.350. The van der Waals surface area contributed by atoms with E-state index in [0.29, 0.717) is 13.0 Å².